The molecule has 0 N–H and O–H groups in total. The first-order valence-electron chi connectivity index (χ1n) is 11.5. The molecule has 2 fully saturated rings. The average molecular weight is 473 g/mol. The molecule has 1 aliphatic carbocycles. The van der Waals surface area contributed by atoms with Crippen molar-refractivity contribution in [1.29, 1.82) is 0 Å². The summed E-state index contributed by atoms with van der Waals surface area (Å²) in [5.41, 5.74) is 0.547. The first-order chi connectivity index (χ1) is 16.5. The third-order valence-corrected chi connectivity index (χ3v) is 7.38. The van der Waals surface area contributed by atoms with Crippen LogP contribution in [0.3, 0.4) is 0 Å². The van der Waals surface area contributed by atoms with E-state index in [0.717, 1.165) is 37.5 Å². The third kappa shape index (κ3) is 3.57. The van der Waals surface area contributed by atoms with Gasteiger partial charge in [0.25, 0.3) is 5.95 Å². The maximum absolute atomic E-state index is 14.2. The largest absolute Gasteiger partial charge is 0.353 e. The van der Waals surface area contributed by atoms with Gasteiger partial charge in [0.1, 0.15) is 6.33 Å². The lowest BCUT2D eigenvalue weighted by molar-refractivity contribution is 0.262. The van der Waals surface area contributed by atoms with Crippen LogP contribution in [0, 0.1) is 41.2 Å². The van der Waals surface area contributed by atoms with Gasteiger partial charge in [-0.25, -0.2) is 23.4 Å². The van der Waals surface area contributed by atoms with Crippen LogP contribution in [0.25, 0.3) is 0 Å². The Morgan fingerprint density at radius 2 is 1.74 bits per heavy atom. The summed E-state index contributed by atoms with van der Waals surface area (Å²) < 4.78 is 56.9. The molecule has 2 aliphatic heterocycles. The molecular formula is C23H23F4N7. The highest BCUT2D eigenvalue weighted by molar-refractivity contribution is 5.58. The standard InChI is InChI=1S/C23H23F4N7/c24-17-5-4-15(8-18(17)25)33-6-1-7-34-23(33)30-19(31-34)9-16-13-2-3-14(16)11-32(10-13)22-20(26)21(27)28-12-29-22/h4-5,8,12-14,16H,1-3,6-7,9-11H2/t13-,14+,16?. The lowest BCUT2D eigenvalue weighted by Crippen LogP contribution is -2.43. The van der Waals surface area contributed by atoms with E-state index in [9.17, 15) is 17.6 Å². The molecule has 3 aliphatic rings. The number of nitrogens with zero attached hydrogens (tertiary/aromatic N) is 7. The number of aryl methyl sites for hydroxylation is 1. The number of rotatable bonds is 4. The number of fused-ring (bicyclic) bond motifs is 3. The van der Waals surface area contributed by atoms with Crippen LogP contribution in [0.2, 0.25) is 0 Å². The van der Waals surface area contributed by atoms with Crippen molar-refractivity contribution in [2.45, 2.75) is 32.2 Å². The highest BCUT2D eigenvalue weighted by atomic mass is 19.2. The highest BCUT2D eigenvalue weighted by Gasteiger charge is 2.43. The fourth-order valence-electron chi connectivity index (χ4n) is 5.80. The molecule has 178 valence electrons. The Bertz CT molecular complexity index is 1220. The zero-order valence-corrected chi connectivity index (χ0v) is 18.3. The van der Waals surface area contributed by atoms with Crippen molar-refractivity contribution >= 4 is 17.5 Å². The molecule has 0 amide bonds. The van der Waals surface area contributed by atoms with Crippen LogP contribution in [-0.4, -0.2) is 44.4 Å². The molecule has 1 saturated heterocycles. The van der Waals surface area contributed by atoms with Crippen molar-refractivity contribution in [3.63, 3.8) is 0 Å². The van der Waals surface area contributed by atoms with Gasteiger partial charge < -0.3 is 9.80 Å². The van der Waals surface area contributed by atoms with Crippen molar-refractivity contribution in [2.75, 3.05) is 29.4 Å². The summed E-state index contributed by atoms with van der Waals surface area (Å²) in [6.07, 6.45) is 4.58. The minimum Gasteiger partial charge on any atom is -0.353 e. The van der Waals surface area contributed by atoms with E-state index in [4.69, 9.17) is 10.1 Å². The van der Waals surface area contributed by atoms with Crippen LogP contribution in [0.5, 0.6) is 0 Å². The van der Waals surface area contributed by atoms with Crippen molar-refractivity contribution in [3.05, 3.63) is 53.8 Å². The first kappa shape index (κ1) is 21.3. The number of hydrogen-bond acceptors (Lipinski definition) is 6. The molecule has 1 aromatic carbocycles. The molecule has 3 aromatic rings. The van der Waals surface area contributed by atoms with Crippen LogP contribution in [0.15, 0.2) is 24.5 Å². The number of benzene rings is 1. The minimum atomic E-state index is -1.13. The van der Waals surface area contributed by atoms with E-state index in [0.29, 0.717) is 62.0 Å². The Labute approximate surface area is 193 Å². The lowest BCUT2D eigenvalue weighted by atomic mass is 9.82. The van der Waals surface area contributed by atoms with E-state index >= 15 is 0 Å². The van der Waals surface area contributed by atoms with Gasteiger partial charge in [0.2, 0.25) is 11.8 Å². The maximum atomic E-state index is 14.2. The van der Waals surface area contributed by atoms with E-state index < -0.39 is 23.4 Å². The number of halogens is 4. The van der Waals surface area contributed by atoms with Crippen LogP contribution in [0.1, 0.15) is 25.1 Å². The molecule has 2 aromatic heterocycles. The summed E-state index contributed by atoms with van der Waals surface area (Å²) >= 11 is 0. The SMILES string of the molecule is Fc1ccc(N2CCCn3nc(CC4[C@@H]5CC[C@H]4CN(c4ncnc(F)c4F)C5)nc32)cc1F. The number of aromatic nitrogens is 5. The number of piperidine rings is 1. The van der Waals surface area contributed by atoms with Crippen LogP contribution in [-0.2, 0) is 13.0 Å². The molecule has 2 bridgehead atoms. The molecule has 1 saturated carbocycles. The third-order valence-electron chi connectivity index (χ3n) is 7.38. The van der Waals surface area contributed by atoms with Gasteiger partial charge in [0.05, 0.1) is 0 Å². The minimum absolute atomic E-state index is 0.0283. The van der Waals surface area contributed by atoms with Crippen molar-refractivity contribution in [3.8, 4) is 0 Å². The predicted molar refractivity (Wildman–Crippen MR) is 116 cm³/mol. The topological polar surface area (TPSA) is 63.0 Å². The Hall–Kier alpha value is -3.24. The van der Waals surface area contributed by atoms with Crippen LogP contribution < -0.4 is 9.80 Å². The predicted octanol–water partition coefficient (Wildman–Crippen LogP) is 3.87. The zero-order chi connectivity index (χ0) is 23.4. The van der Waals surface area contributed by atoms with Crippen molar-refractivity contribution in [1.82, 2.24) is 24.7 Å². The number of hydrogen-bond donors (Lipinski definition) is 0. The summed E-state index contributed by atoms with van der Waals surface area (Å²) in [6, 6.07) is 3.86. The molecule has 3 atom stereocenters. The van der Waals surface area contributed by atoms with Crippen molar-refractivity contribution in [2.24, 2.45) is 17.8 Å². The van der Waals surface area contributed by atoms with Crippen LogP contribution >= 0.6 is 0 Å². The molecule has 1 unspecified atom stereocenters. The summed E-state index contributed by atoms with van der Waals surface area (Å²) in [4.78, 5) is 15.7. The quantitative estimate of drug-likeness (QED) is 0.424. The van der Waals surface area contributed by atoms with Gasteiger partial charge >= 0.3 is 0 Å². The van der Waals surface area contributed by atoms with Gasteiger partial charge in [-0.15, -0.1) is 0 Å². The van der Waals surface area contributed by atoms with Gasteiger partial charge in [-0.05, 0) is 49.1 Å². The van der Waals surface area contributed by atoms with E-state index in [2.05, 4.69) is 9.97 Å². The highest BCUT2D eigenvalue weighted by Crippen LogP contribution is 2.44. The van der Waals surface area contributed by atoms with E-state index in [1.54, 1.807) is 6.07 Å². The zero-order valence-electron chi connectivity index (χ0n) is 18.3. The molecule has 4 heterocycles. The van der Waals surface area contributed by atoms with Gasteiger partial charge in [-0.3, -0.25) is 0 Å². The van der Waals surface area contributed by atoms with Crippen LogP contribution in [0.4, 0.5) is 35.0 Å². The van der Waals surface area contributed by atoms with Gasteiger partial charge in [-0.2, -0.15) is 18.9 Å². The molecular weight excluding hydrogens is 450 g/mol. The lowest BCUT2D eigenvalue weighted by Gasteiger charge is -2.38. The molecule has 0 spiro atoms. The molecule has 0 radical (unpaired) electrons. The Kier molecular flexibility index (Phi) is 5.14. The second-order valence-electron chi connectivity index (χ2n) is 9.33. The smallest absolute Gasteiger partial charge is 0.254 e. The normalized spacial score (nSPS) is 23.9. The van der Waals surface area contributed by atoms with Gasteiger partial charge in [0.15, 0.2) is 23.3 Å². The summed E-state index contributed by atoms with van der Waals surface area (Å²) in [5, 5.41) is 4.71. The molecule has 34 heavy (non-hydrogen) atoms. The Morgan fingerprint density at radius 1 is 0.941 bits per heavy atom. The van der Waals surface area contributed by atoms with Gasteiger partial charge in [0, 0.05) is 44.4 Å². The summed E-state index contributed by atoms with van der Waals surface area (Å²) in [6.45, 7) is 2.56. The van der Waals surface area contributed by atoms with E-state index in [1.807, 2.05) is 14.5 Å². The second kappa shape index (κ2) is 8.21. The average Bonchev–Trinajstić information content (AvgIpc) is 3.33. The maximum Gasteiger partial charge on any atom is 0.254 e. The van der Waals surface area contributed by atoms with Crippen molar-refractivity contribution < 1.29 is 17.6 Å². The molecule has 7 nitrogen and oxygen atoms in total. The van der Waals surface area contributed by atoms with E-state index in [1.165, 1.54) is 6.07 Å². The first-order valence-corrected chi connectivity index (χ1v) is 11.5. The summed E-state index contributed by atoms with van der Waals surface area (Å²) in [5.74, 6) is -1.56. The molecule has 6 rings (SSSR count). The molecule has 11 heteroatoms. The Morgan fingerprint density at radius 3 is 2.50 bits per heavy atom. The second-order valence-corrected chi connectivity index (χ2v) is 9.33. The van der Waals surface area contributed by atoms with E-state index in [-0.39, 0.29) is 5.82 Å². The fourth-order valence-corrected chi connectivity index (χ4v) is 5.80. The monoisotopic (exact) mass is 473 g/mol. The fraction of sp³-hybridized carbons (Fsp3) is 0.478. The summed E-state index contributed by atoms with van der Waals surface area (Å²) in [7, 11) is 0. The Balaban J connectivity index is 1.21. The number of anilines is 3. The van der Waals surface area contributed by atoms with Gasteiger partial charge in [-0.1, -0.05) is 0 Å².